The normalized spacial score (nSPS) is 20.2. The summed E-state index contributed by atoms with van der Waals surface area (Å²) in [7, 11) is 0. The number of amides is 2. The lowest BCUT2D eigenvalue weighted by Crippen LogP contribution is -2.49. The predicted octanol–water partition coefficient (Wildman–Crippen LogP) is 2.55. The van der Waals surface area contributed by atoms with Gasteiger partial charge in [-0.15, -0.1) is 0 Å². The molecule has 0 bridgehead atoms. The number of carbonyl (C=O) groups excluding carboxylic acids is 2. The minimum absolute atomic E-state index is 0.0702. The van der Waals surface area contributed by atoms with Gasteiger partial charge in [-0.05, 0) is 57.2 Å². The van der Waals surface area contributed by atoms with Crippen molar-refractivity contribution in [1.82, 2.24) is 9.80 Å². The zero-order chi connectivity index (χ0) is 19.0. The average molecular weight is 372 g/mol. The van der Waals surface area contributed by atoms with Crippen molar-refractivity contribution in [3.63, 3.8) is 0 Å². The average Bonchev–Trinajstić information content (AvgIpc) is 3.38. The van der Waals surface area contributed by atoms with Crippen molar-refractivity contribution in [2.45, 2.75) is 44.9 Å². The summed E-state index contributed by atoms with van der Waals surface area (Å²) in [5.74, 6) is 1.88. The van der Waals surface area contributed by atoms with E-state index in [1.54, 1.807) is 0 Å². The molecule has 0 aliphatic carbocycles. The molecule has 1 aromatic carbocycles. The molecular formula is C21H28N2O4. The molecule has 3 heterocycles. The Morgan fingerprint density at radius 2 is 1.63 bits per heavy atom. The molecule has 2 saturated heterocycles. The first-order chi connectivity index (χ1) is 13.0. The largest absolute Gasteiger partial charge is 0.454 e. The first-order valence-corrected chi connectivity index (χ1v) is 9.95. The summed E-state index contributed by atoms with van der Waals surface area (Å²) in [5.41, 5.74) is 0.277. The Morgan fingerprint density at radius 1 is 0.963 bits per heavy atom. The van der Waals surface area contributed by atoms with Crippen molar-refractivity contribution in [3.05, 3.63) is 23.8 Å². The Labute approximate surface area is 160 Å². The molecule has 0 radical (unpaired) electrons. The van der Waals surface area contributed by atoms with Gasteiger partial charge in [0.2, 0.25) is 18.6 Å². The second-order valence-electron chi connectivity index (χ2n) is 8.29. The Bertz CT molecular complexity index is 732. The van der Waals surface area contributed by atoms with E-state index in [4.69, 9.17) is 9.47 Å². The van der Waals surface area contributed by atoms with E-state index in [1.165, 1.54) is 0 Å². The van der Waals surface area contributed by atoms with Crippen LogP contribution in [-0.2, 0) is 15.0 Å². The third-order valence-electron chi connectivity index (χ3n) is 6.18. The third kappa shape index (κ3) is 3.37. The van der Waals surface area contributed by atoms with Crippen LogP contribution < -0.4 is 9.47 Å². The van der Waals surface area contributed by atoms with E-state index in [-0.39, 0.29) is 24.5 Å². The second kappa shape index (κ2) is 7.06. The fourth-order valence-electron chi connectivity index (χ4n) is 4.33. The number of nitrogens with zero attached hydrogens (tertiary/aromatic N) is 2. The molecule has 0 saturated carbocycles. The number of hydrogen-bond acceptors (Lipinski definition) is 4. The number of rotatable bonds is 3. The van der Waals surface area contributed by atoms with E-state index in [0.29, 0.717) is 18.8 Å². The van der Waals surface area contributed by atoms with Crippen molar-refractivity contribution in [1.29, 1.82) is 0 Å². The van der Waals surface area contributed by atoms with Crippen molar-refractivity contribution in [3.8, 4) is 11.5 Å². The van der Waals surface area contributed by atoms with Crippen LogP contribution in [0.1, 0.15) is 45.1 Å². The summed E-state index contributed by atoms with van der Waals surface area (Å²) >= 11 is 0. The highest BCUT2D eigenvalue weighted by Gasteiger charge is 2.38. The van der Waals surface area contributed by atoms with Gasteiger partial charge in [0.1, 0.15) is 0 Å². The molecule has 0 spiro atoms. The van der Waals surface area contributed by atoms with E-state index in [1.807, 2.05) is 41.8 Å². The lowest BCUT2D eigenvalue weighted by molar-refractivity contribution is -0.142. The summed E-state index contributed by atoms with van der Waals surface area (Å²) in [5, 5.41) is 0. The SMILES string of the molecule is CC(C)(C(=O)N1CCC(C(=O)N2CCCC2)CC1)c1ccc2c(c1)OCO2. The zero-order valence-electron chi connectivity index (χ0n) is 16.2. The molecule has 1 aromatic rings. The van der Waals surface area contributed by atoms with Gasteiger partial charge in [0.15, 0.2) is 11.5 Å². The van der Waals surface area contributed by atoms with Crippen LogP contribution in [-0.4, -0.2) is 54.6 Å². The van der Waals surface area contributed by atoms with Crippen molar-refractivity contribution < 1.29 is 19.1 Å². The molecule has 2 amide bonds. The molecule has 2 fully saturated rings. The van der Waals surface area contributed by atoms with Gasteiger partial charge in [-0.25, -0.2) is 0 Å². The highest BCUT2D eigenvalue weighted by molar-refractivity contribution is 5.88. The fraction of sp³-hybridized carbons (Fsp3) is 0.619. The molecule has 27 heavy (non-hydrogen) atoms. The first-order valence-electron chi connectivity index (χ1n) is 9.95. The molecule has 0 N–H and O–H groups in total. The molecule has 0 unspecified atom stereocenters. The summed E-state index contributed by atoms with van der Waals surface area (Å²) < 4.78 is 10.8. The summed E-state index contributed by atoms with van der Waals surface area (Å²) in [6.07, 6.45) is 3.76. The Kier molecular flexibility index (Phi) is 4.74. The number of likely N-dealkylation sites (tertiary alicyclic amines) is 2. The van der Waals surface area contributed by atoms with E-state index < -0.39 is 5.41 Å². The minimum atomic E-state index is -0.646. The predicted molar refractivity (Wildman–Crippen MR) is 101 cm³/mol. The monoisotopic (exact) mass is 372 g/mol. The van der Waals surface area contributed by atoms with Gasteiger partial charge in [0.05, 0.1) is 5.41 Å². The van der Waals surface area contributed by atoms with Gasteiger partial charge in [-0.2, -0.15) is 0 Å². The number of carbonyl (C=O) groups is 2. The topological polar surface area (TPSA) is 59.1 Å². The van der Waals surface area contributed by atoms with Crippen LogP contribution in [0.2, 0.25) is 0 Å². The number of piperidine rings is 1. The van der Waals surface area contributed by atoms with Crippen LogP contribution in [0.15, 0.2) is 18.2 Å². The maximum atomic E-state index is 13.2. The van der Waals surface area contributed by atoms with E-state index in [0.717, 1.165) is 50.1 Å². The molecule has 4 rings (SSSR count). The maximum Gasteiger partial charge on any atom is 0.232 e. The van der Waals surface area contributed by atoms with Gasteiger partial charge >= 0.3 is 0 Å². The van der Waals surface area contributed by atoms with Crippen molar-refractivity contribution in [2.24, 2.45) is 5.92 Å². The lowest BCUT2D eigenvalue weighted by Gasteiger charge is -2.37. The van der Waals surface area contributed by atoms with Crippen LogP contribution in [0.25, 0.3) is 0 Å². The number of fused-ring (bicyclic) bond motifs is 1. The Hall–Kier alpha value is -2.24. The van der Waals surface area contributed by atoms with Crippen LogP contribution in [0.4, 0.5) is 0 Å². The molecule has 146 valence electrons. The number of hydrogen-bond donors (Lipinski definition) is 0. The van der Waals surface area contributed by atoms with E-state index >= 15 is 0 Å². The molecule has 6 nitrogen and oxygen atoms in total. The molecule has 3 aliphatic rings. The van der Waals surface area contributed by atoms with Crippen LogP contribution in [0.5, 0.6) is 11.5 Å². The lowest BCUT2D eigenvalue weighted by atomic mass is 9.82. The van der Waals surface area contributed by atoms with Gasteiger partial charge in [0.25, 0.3) is 0 Å². The minimum Gasteiger partial charge on any atom is -0.454 e. The van der Waals surface area contributed by atoms with Gasteiger partial charge in [-0.3, -0.25) is 9.59 Å². The quantitative estimate of drug-likeness (QED) is 0.818. The molecule has 6 heteroatoms. The van der Waals surface area contributed by atoms with Gasteiger partial charge in [0, 0.05) is 32.1 Å². The number of benzene rings is 1. The fourth-order valence-corrected chi connectivity index (χ4v) is 4.33. The smallest absolute Gasteiger partial charge is 0.232 e. The van der Waals surface area contributed by atoms with Crippen molar-refractivity contribution in [2.75, 3.05) is 33.0 Å². The van der Waals surface area contributed by atoms with Gasteiger partial charge < -0.3 is 19.3 Å². The van der Waals surface area contributed by atoms with Crippen LogP contribution in [0, 0.1) is 5.92 Å². The highest BCUT2D eigenvalue weighted by atomic mass is 16.7. The molecule has 0 atom stereocenters. The maximum absolute atomic E-state index is 13.2. The van der Waals surface area contributed by atoms with Crippen LogP contribution in [0.3, 0.4) is 0 Å². The van der Waals surface area contributed by atoms with E-state index in [2.05, 4.69) is 0 Å². The Balaban J connectivity index is 1.40. The summed E-state index contributed by atoms with van der Waals surface area (Å²) in [6.45, 7) is 7.23. The number of ether oxygens (including phenoxy) is 2. The van der Waals surface area contributed by atoms with Crippen molar-refractivity contribution >= 4 is 11.8 Å². The second-order valence-corrected chi connectivity index (χ2v) is 8.29. The van der Waals surface area contributed by atoms with Crippen LogP contribution >= 0.6 is 0 Å². The Morgan fingerprint density at radius 3 is 2.33 bits per heavy atom. The summed E-state index contributed by atoms with van der Waals surface area (Å²) in [6, 6.07) is 5.71. The molecule has 3 aliphatic heterocycles. The van der Waals surface area contributed by atoms with E-state index in [9.17, 15) is 9.59 Å². The first kappa shape index (κ1) is 18.1. The standard InChI is InChI=1S/C21H28N2O4/c1-21(2,16-5-6-17-18(13-16)27-14-26-17)20(25)23-11-7-15(8-12-23)19(24)22-9-3-4-10-22/h5-6,13,15H,3-4,7-12,14H2,1-2H3. The highest BCUT2D eigenvalue weighted by Crippen LogP contribution is 2.37. The zero-order valence-corrected chi connectivity index (χ0v) is 16.2. The summed E-state index contributed by atoms with van der Waals surface area (Å²) in [4.78, 5) is 29.7. The van der Waals surface area contributed by atoms with Gasteiger partial charge in [-0.1, -0.05) is 6.07 Å². The molecule has 0 aromatic heterocycles. The third-order valence-corrected chi connectivity index (χ3v) is 6.18. The molecular weight excluding hydrogens is 344 g/mol.